The van der Waals surface area contributed by atoms with Crippen molar-refractivity contribution in [1.82, 2.24) is 5.32 Å². The number of benzene rings is 1. The summed E-state index contributed by atoms with van der Waals surface area (Å²) in [6.07, 6.45) is 0. The highest BCUT2D eigenvalue weighted by Crippen LogP contribution is 2.15. The number of hydrogen-bond donors (Lipinski definition) is 3. The van der Waals surface area contributed by atoms with Crippen LogP contribution >= 0.6 is 0 Å². The topological polar surface area (TPSA) is 70.6 Å². The molecule has 1 atom stereocenters. The van der Waals surface area contributed by atoms with Crippen LogP contribution in [0.25, 0.3) is 0 Å². The van der Waals surface area contributed by atoms with Gasteiger partial charge in [-0.1, -0.05) is 30.3 Å². The summed E-state index contributed by atoms with van der Waals surface area (Å²) >= 11 is 0. The number of hydrogen-bond acceptors (Lipinski definition) is 2. The van der Waals surface area contributed by atoms with Crippen LogP contribution < -0.4 is 11.1 Å². The van der Waals surface area contributed by atoms with Gasteiger partial charge in [-0.05, 0) is 26.3 Å². The molecule has 0 aliphatic heterocycles. The predicted molar refractivity (Wildman–Crippen MR) is 70.8 cm³/mol. The normalized spacial score (nSPS) is 14.5. The van der Waals surface area contributed by atoms with Gasteiger partial charge in [-0.2, -0.15) is 0 Å². The fraction of sp³-hybridized carbons (Fsp3) is 0.462. The predicted octanol–water partition coefficient (Wildman–Crippen LogP) is 1.42. The molecule has 4 heteroatoms. The molecular weight excluding hydrogens is 214 g/mol. The van der Waals surface area contributed by atoms with Gasteiger partial charge in [0.25, 0.3) is 0 Å². The third kappa shape index (κ3) is 4.87. The molecule has 4 N–H and O–H groups in total. The van der Waals surface area contributed by atoms with E-state index < -0.39 is 0 Å². The van der Waals surface area contributed by atoms with Gasteiger partial charge in [0.2, 0.25) is 0 Å². The summed E-state index contributed by atoms with van der Waals surface area (Å²) in [5.41, 5.74) is 6.62. The molecule has 1 rings (SSSR count). The molecule has 0 amide bonds. The van der Waals surface area contributed by atoms with Crippen LogP contribution in [0.1, 0.15) is 32.4 Å². The third-order valence-electron chi connectivity index (χ3n) is 2.16. The Morgan fingerprint density at radius 3 is 2.41 bits per heavy atom. The van der Waals surface area contributed by atoms with Crippen LogP contribution in [-0.4, -0.2) is 23.2 Å². The molecule has 1 aromatic rings. The fourth-order valence-electron chi connectivity index (χ4n) is 1.48. The van der Waals surface area contributed by atoms with Crippen LogP contribution in [-0.2, 0) is 0 Å². The van der Waals surface area contributed by atoms with Crippen molar-refractivity contribution in [2.24, 2.45) is 10.7 Å². The highest BCUT2D eigenvalue weighted by Gasteiger charge is 2.13. The zero-order valence-corrected chi connectivity index (χ0v) is 10.6. The molecule has 0 spiro atoms. The number of rotatable bonds is 3. The van der Waals surface area contributed by atoms with E-state index >= 15 is 0 Å². The first-order valence-corrected chi connectivity index (χ1v) is 5.69. The Kier molecular flexibility index (Phi) is 4.52. The third-order valence-corrected chi connectivity index (χ3v) is 2.16. The van der Waals surface area contributed by atoms with E-state index in [0.29, 0.717) is 5.96 Å². The lowest BCUT2D eigenvalue weighted by molar-refractivity contribution is 0.268. The van der Waals surface area contributed by atoms with E-state index in [1.807, 2.05) is 51.1 Å². The number of aliphatic hydroxyl groups excluding tert-OH is 1. The average Bonchev–Trinajstić information content (AvgIpc) is 2.24. The van der Waals surface area contributed by atoms with E-state index in [1.54, 1.807) is 0 Å². The Hall–Kier alpha value is -1.55. The van der Waals surface area contributed by atoms with E-state index in [-0.39, 0.29) is 18.2 Å². The van der Waals surface area contributed by atoms with Gasteiger partial charge in [0, 0.05) is 5.54 Å². The summed E-state index contributed by atoms with van der Waals surface area (Å²) in [5.74, 6) is 0.348. The molecule has 0 bridgehead atoms. The summed E-state index contributed by atoms with van der Waals surface area (Å²) in [7, 11) is 0. The Bertz CT molecular complexity index is 368. The Balaban J connectivity index is 2.80. The van der Waals surface area contributed by atoms with Crippen LogP contribution in [0, 0.1) is 0 Å². The van der Waals surface area contributed by atoms with Gasteiger partial charge in [-0.15, -0.1) is 0 Å². The molecule has 0 saturated heterocycles. The quantitative estimate of drug-likeness (QED) is 0.548. The zero-order valence-electron chi connectivity index (χ0n) is 10.6. The first-order valence-electron chi connectivity index (χ1n) is 5.69. The Labute approximate surface area is 103 Å². The Morgan fingerprint density at radius 2 is 1.94 bits per heavy atom. The highest BCUT2D eigenvalue weighted by molar-refractivity contribution is 5.78. The molecule has 0 heterocycles. The van der Waals surface area contributed by atoms with Gasteiger partial charge >= 0.3 is 0 Å². The van der Waals surface area contributed by atoms with Crippen LogP contribution in [0.15, 0.2) is 35.3 Å². The summed E-state index contributed by atoms with van der Waals surface area (Å²) in [5, 5.41) is 12.4. The van der Waals surface area contributed by atoms with Gasteiger partial charge in [-0.25, -0.2) is 4.99 Å². The standard InChI is InChI=1S/C13H21N3O/c1-13(2,3)16-12(14)15-11(9-17)10-7-5-4-6-8-10/h4-8,11,17H,9H2,1-3H3,(H3,14,15,16). The lowest BCUT2D eigenvalue weighted by atomic mass is 10.1. The van der Waals surface area contributed by atoms with Crippen LogP contribution in [0.2, 0.25) is 0 Å². The second-order valence-electron chi connectivity index (χ2n) is 5.00. The van der Waals surface area contributed by atoms with Gasteiger partial charge in [-0.3, -0.25) is 0 Å². The van der Waals surface area contributed by atoms with Crippen molar-refractivity contribution in [2.75, 3.05) is 6.61 Å². The summed E-state index contributed by atoms with van der Waals surface area (Å²) in [4.78, 5) is 4.28. The summed E-state index contributed by atoms with van der Waals surface area (Å²) in [6.45, 7) is 5.96. The number of aliphatic imine (C=N–C) groups is 1. The second kappa shape index (κ2) is 5.68. The molecule has 4 nitrogen and oxygen atoms in total. The molecule has 1 unspecified atom stereocenters. The van der Waals surface area contributed by atoms with Crippen molar-refractivity contribution in [2.45, 2.75) is 32.4 Å². The minimum absolute atomic E-state index is 0.0590. The average molecular weight is 235 g/mol. The van der Waals surface area contributed by atoms with E-state index in [1.165, 1.54) is 0 Å². The summed E-state index contributed by atoms with van der Waals surface area (Å²) in [6, 6.07) is 9.30. The second-order valence-corrected chi connectivity index (χ2v) is 5.00. The molecule has 17 heavy (non-hydrogen) atoms. The van der Waals surface area contributed by atoms with Gasteiger partial charge in [0.05, 0.1) is 6.61 Å². The maximum atomic E-state index is 9.34. The maximum absolute atomic E-state index is 9.34. The van der Waals surface area contributed by atoms with Crippen molar-refractivity contribution in [1.29, 1.82) is 0 Å². The number of aliphatic hydroxyl groups is 1. The molecule has 0 fully saturated rings. The first kappa shape index (κ1) is 13.5. The van der Waals surface area contributed by atoms with Gasteiger partial charge in [0.15, 0.2) is 5.96 Å². The lowest BCUT2D eigenvalue weighted by Gasteiger charge is -2.22. The smallest absolute Gasteiger partial charge is 0.189 e. The molecule has 0 aliphatic carbocycles. The highest BCUT2D eigenvalue weighted by atomic mass is 16.3. The largest absolute Gasteiger partial charge is 0.394 e. The number of guanidine groups is 1. The summed E-state index contributed by atoms with van der Waals surface area (Å²) < 4.78 is 0. The van der Waals surface area contributed by atoms with Crippen LogP contribution in [0.3, 0.4) is 0 Å². The van der Waals surface area contributed by atoms with Crippen molar-refractivity contribution >= 4 is 5.96 Å². The number of nitrogens with zero attached hydrogens (tertiary/aromatic N) is 1. The van der Waals surface area contributed by atoms with E-state index in [2.05, 4.69) is 10.3 Å². The van der Waals surface area contributed by atoms with Crippen LogP contribution in [0.4, 0.5) is 0 Å². The van der Waals surface area contributed by atoms with Crippen molar-refractivity contribution in [3.63, 3.8) is 0 Å². The molecule has 0 aromatic heterocycles. The van der Waals surface area contributed by atoms with Crippen molar-refractivity contribution in [3.05, 3.63) is 35.9 Å². The lowest BCUT2D eigenvalue weighted by Crippen LogP contribution is -2.45. The monoisotopic (exact) mass is 235 g/mol. The zero-order chi connectivity index (χ0) is 12.9. The minimum Gasteiger partial charge on any atom is -0.394 e. The minimum atomic E-state index is -0.314. The molecule has 0 aliphatic rings. The van der Waals surface area contributed by atoms with Crippen molar-refractivity contribution in [3.8, 4) is 0 Å². The van der Waals surface area contributed by atoms with Crippen LogP contribution in [0.5, 0.6) is 0 Å². The molecule has 0 saturated carbocycles. The number of nitrogens with two attached hydrogens (primary N) is 1. The Morgan fingerprint density at radius 1 is 1.35 bits per heavy atom. The first-order chi connectivity index (χ1) is 7.92. The molecule has 1 aromatic carbocycles. The van der Waals surface area contributed by atoms with E-state index in [4.69, 9.17) is 5.73 Å². The molecule has 0 radical (unpaired) electrons. The van der Waals surface area contributed by atoms with E-state index in [9.17, 15) is 5.11 Å². The maximum Gasteiger partial charge on any atom is 0.189 e. The van der Waals surface area contributed by atoms with Gasteiger partial charge in [0.1, 0.15) is 6.04 Å². The fourth-order valence-corrected chi connectivity index (χ4v) is 1.48. The van der Waals surface area contributed by atoms with Crippen molar-refractivity contribution < 1.29 is 5.11 Å². The van der Waals surface area contributed by atoms with Gasteiger partial charge < -0.3 is 16.2 Å². The van der Waals surface area contributed by atoms with E-state index in [0.717, 1.165) is 5.56 Å². The number of nitrogens with one attached hydrogen (secondary N) is 1. The molecular formula is C13H21N3O. The SMILES string of the molecule is CC(C)(C)NC(N)=NC(CO)c1ccccc1. The molecule has 94 valence electrons.